The van der Waals surface area contributed by atoms with E-state index in [4.69, 9.17) is 37.0 Å². The number of rotatable bonds is 67. The van der Waals surface area contributed by atoms with Crippen LogP contribution in [0.5, 0.6) is 0 Å². The molecule has 0 rings (SSSR count). The van der Waals surface area contributed by atoms with Gasteiger partial charge in [-0.05, 0) is 69.1 Å². The Morgan fingerprint density at radius 2 is 0.600 bits per heavy atom. The molecule has 0 saturated carbocycles. The number of ether oxygens (including phenoxy) is 4. The first-order chi connectivity index (χ1) is 43.2. The second kappa shape index (κ2) is 61.4. The van der Waals surface area contributed by atoms with Crippen LogP contribution in [-0.4, -0.2) is 96.7 Å². The van der Waals surface area contributed by atoms with Crippen LogP contribution in [0.4, 0.5) is 0 Å². The van der Waals surface area contributed by atoms with Crippen molar-refractivity contribution in [2.45, 2.75) is 349 Å². The zero-order chi connectivity index (χ0) is 66.6. The molecule has 0 saturated heterocycles. The minimum absolute atomic E-state index is 0.0835. The van der Waals surface area contributed by atoms with E-state index in [2.05, 4.69) is 72.8 Å². The number of carbonyl (C=O) groups excluding carboxylic acids is 4. The minimum Gasteiger partial charge on any atom is -0.462 e. The average Bonchev–Trinajstić information content (AvgIpc) is 3.11. The number of unbranched alkanes of at least 4 members (excludes halogenated alkanes) is 32. The predicted octanol–water partition coefficient (Wildman–Crippen LogP) is 19.8. The Labute approximate surface area is 548 Å². The molecule has 17 nitrogen and oxygen atoms in total. The Hall–Kier alpha value is -2.46. The van der Waals surface area contributed by atoms with Crippen molar-refractivity contribution in [3.05, 3.63) is 24.3 Å². The Balaban J connectivity index is 5.26. The number of esters is 4. The summed E-state index contributed by atoms with van der Waals surface area (Å²) in [5, 5.41) is 10.6. The van der Waals surface area contributed by atoms with Crippen molar-refractivity contribution >= 4 is 39.5 Å². The van der Waals surface area contributed by atoms with Crippen molar-refractivity contribution in [3.8, 4) is 0 Å². The van der Waals surface area contributed by atoms with Crippen molar-refractivity contribution < 1.29 is 80.2 Å². The van der Waals surface area contributed by atoms with Gasteiger partial charge in [-0.3, -0.25) is 37.3 Å². The molecule has 0 aromatic heterocycles. The van der Waals surface area contributed by atoms with Crippen molar-refractivity contribution in [2.24, 2.45) is 17.8 Å². The molecule has 0 aliphatic heterocycles. The van der Waals surface area contributed by atoms with E-state index in [1.54, 1.807) is 0 Å². The Kier molecular flexibility index (Phi) is 59.7. The van der Waals surface area contributed by atoms with E-state index < -0.39 is 97.5 Å². The molecule has 0 radical (unpaired) electrons. The van der Waals surface area contributed by atoms with E-state index in [-0.39, 0.29) is 25.7 Å². The molecular weight excluding hydrogens is 1190 g/mol. The molecule has 0 fully saturated rings. The van der Waals surface area contributed by atoms with Crippen LogP contribution >= 0.6 is 15.6 Å². The molecule has 3 N–H and O–H groups in total. The number of hydrogen-bond acceptors (Lipinski definition) is 15. The lowest BCUT2D eigenvalue weighted by atomic mass is 10.0. The summed E-state index contributed by atoms with van der Waals surface area (Å²) < 4.78 is 68.2. The molecule has 0 aromatic carbocycles. The summed E-state index contributed by atoms with van der Waals surface area (Å²) in [5.41, 5.74) is 0. The molecule has 19 heteroatoms. The van der Waals surface area contributed by atoms with E-state index in [1.807, 2.05) is 0 Å². The molecule has 90 heavy (non-hydrogen) atoms. The molecule has 3 unspecified atom stereocenters. The van der Waals surface area contributed by atoms with Crippen LogP contribution in [0.25, 0.3) is 0 Å². The Bertz CT molecular complexity index is 1860. The molecule has 530 valence electrons. The number of phosphoric acid groups is 2. The quantitative estimate of drug-likeness (QED) is 0.0169. The molecule has 0 bridgehead atoms. The van der Waals surface area contributed by atoms with Gasteiger partial charge in [-0.2, -0.15) is 0 Å². The summed E-state index contributed by atoms with van der Waals surface area (Å²) in [6.45, 7) is 11.7. The largest absolute Gasteiger partial charge is 0.472 e. The van der Waals surface area contributed by atoms with Crippen LogP contribution in [-0.2, 0) is 65.4 Å². The van der Waals surface area contributed by atoms with Gasteiger partial charge in [0, 0.05) is 25.7 Å². The predicted molar refractivity (Wildman–Crippen MR) is 363 cm³/mol. The number of aliphatic hydroxyl groups excluding tert-OH is 1. The number of hydrogen-bond donors (Lipinski definition) is 3. The summed E-state index contributed by atoms with van der Waals surface area (Å²) in [6.07, 6.45) is 48.3. The van der Waals surface area contributed by atoms with Gasteiger partial charge in [-0.25, -0.2) is 9.13 Å². The van der Waals surface area contributed by atoms with Gasteiger partial charge in [0.2, 0.25) is 0 Å². The molecular formula is C71H134O17P2. The zero-order valence-corrected chi connectivity index (χ0v) is 59.9. The fourth-order valence-corrected chi connectivity index (χ4v) is 11.8. The topological polar surface area (TPSA) is 237 Å². The molecule has 0 aromatic rings. The fraction of sp³-hybridized carbons (Fsp3) is 0.887. The number of phosphoric ester groups is 2. The molecule has 0 spiro atoms. The third kappa shape index (κ3) is 64.3. The summed E-state index contributed by atoms with van der Waals surface area (Å²) in [5.74, 6) is 0.00547. The summed E-state index contributed by atoms with van der Waals surface area (Å²) in [6, 6.07) is 0. The number of aliphatic hydroxyl groups is 1. The zero-order valence-electron chi connectivity index (χ0n) is 58.1. The third-order valence-electron chi connectivity index (χ3n) is 15.8. The van der Waals surface area contributed by atoms with Crippen molar-refractivity contribution in [1.29, 1.82) is 0 Å². The lowest BCUT2D eigenvalue weighted by Crippen LogP contribution is -2.30. The van der Waals surface area contributed by atoms with Gasteiger partial charge in [-0.15, -0.1) is 0 Å². The number of allylic oxidation sites excluding steroid dienone is 4. The van der Waals surface area contributed by atoms with Gasteiger partial charge in [0.05, 0.1) is 26.4 Å². The van der Waals surface area contributed by atoms with Crippen molar-refractivity contribution in [2.75, 3.05) is 39.6 Å². The van der Waals surface area contributed by atoms with Crippen molar-refractivity contribution in [1.82, 2.24) is 0 Å². The SMILES string of the molecule is CCCCCC/C=C\C=C/CCCCCCCC(=O)O[C@H](COC(=O)CCCCCCCCC(C)C)COP(=O)(O)OCC(O)COP(=O)(O)OC[C@@H](COC(=O)CCCCCCCCCC(C)C)OC(=O)CCCCCCCCCCCCCCCC(C)C. The number of carbonyl (C=O) groups is 4. The lowest BCUT2D eigenvalue weighted by Gasteiger charge is -2.21. The first kappa shape index (κ1) is 87.5. The fourth-order valence-electron chi connectivity index (χ4n) is 10.2. The van der Waals surface area contributed by atoms with Crippen LogP contribution < -0.4 is 0 Å². The van der Waals surface area contributed by atoms with E-state index >= 15 is 0 Å². The first-order valence-electron chi connectivity index (χ1n) is 36.2. The van der Waals surface area contributed by atoms with E-state index in [0.717, 1.165) is 121 Å². The maximum atomic E-state index is 13.0. The van der Waals surface area contributed by atoms with Gasteiger partial charge in [0.1, 0.15) is 19.3 Å². The Morgan fingerprint density at radius 1 is 0.344 bits per heavy atom. The highest BCUT2D eigenvalue weighted by Crippen LogP contribution is 2.45. The summed E-state index contributed by atoms with van der Waals surface area (Å²) in [4.78, 5) is 72.5. The second-order valence-electron chi connectivity index (χ2n) is 26.4. The normalized spacial score (nSPS) is 14.4. The highest BCUT2D eigenvalue weighted by Gasteiger charge is 2.30. The van der Waals surface area contributed by atoms with Crippen LogP contribution in [0.15, 0.2) is 24.3 Å². The molecule has 5 atom stereocenters. The highest BCUT2D eigenvalue weighted by atomic mass is 31.2. The minimum atomic E-state index is -4.96. The standard InChI is InChI=1S/C71H134O17P2/c1-8-9-10-11-12-13-14-15-16-19-22-25-30-40-47-54-71(76)88-67(59-82-69(74)53-46-39-34-33-37-44-51-64(6)7)61-86-90(79,80)84-57-65(72)56-83-89(77,78)85-60-66(58-81-68(73)52-45-38-32-27-29-36-43-50-63(4)5)87-70(75)55-48-41-31-26-23-20-17-18-21-24-28-35-42-49-62(2)3/h13-16,62-67,72H,8-12,17-61H2,1-7H3,(H,77,78)(H,79,80)/b14-13-,16-15-/t65?,66-,67-/m1/s1. The third-order valence-corrected chi connectivity index (χ3v) is 17.7. The van der Waals surface area contributed by atoms with Crippen LogP contribution in [0.1, 0.15) is 331 Å². The summed E-state index contributed by atoms with van der Waals surface area (Å²) in [7, 11) is -9.91. The highest BCUT2D eigenvalue weighted by molar-refractivity contribution is 7.47. The van der Waals surface area contributed by atoms with Gasteiger partial charge < -0.3 is 33.8 Å². The monoisotopic (exact) mass is 1320 g/mol. The average molecular weight is 1320 g/mol. The maximum Gasteiger partial charge on any atom is 0.472 e. The maximum absolute atomic E-state index is 13.0. The van der Waals surface area contributed by atoms with Gasteiger partial charge >= 0.3 is 39.5 Å². The van der Waals surface area contributed by atoms with Crippen LogP contribution in [0.2, 0.25) is 0 Å². The molecule has 0 amide bonds. The van der Waals surface area contributed by atoms with E-state index in [9.17, 15) is 43.2 Å². The van der Waals surface area contributed by atoms with E-state index in [1.165, 1.54) is 116 Å². The Morgan fingerprint density at radius 3 is 0.900 bits per heavy atom. The molecule has 0 heterocycles. The lowest BCUT2D eigenvalue weighted by molar-refractivity contribution is -0.161. The molecule has 0 aliphatic rings. The summed E-state index contributed by atoms with van der Waals surface area (Å²) >= 11 is 0. The second-order valence-corrected chi connectivity index (χ2v) is 29.3. The van der Waals surface area contributed by atoms with Gasteiger partial charge in [-0.1, -0.05) is 278 Å². The first-order valence-corrected chi connectivity index (χ1v) is 39.2. The van der Waals surface area contributed by atoms with Crippen molar-refractivity contribution in [3.63, 3.8) is 0 Å². The van der Waals surface area contributed by atoms with E-state index in [0.29, 0.717) is 37.5 Å². The molecule has 0 aliphatic carbocycles. The smallest absolute Gasteiger partial charge is 0.462 e. The van der Waals surface area contributed by atoms with Crippen LogP contribution in [0.3, 0.4) is 0 Å². The van der Waals surface area contributed by atoms with Crippen LogP contribution in [0, 0.1) is 17.8 Å². The van der Waals surface area contributed by atoms with Gasteiger partial charge in [0.25, 0.3) is 0 Å². The van der Waals surface area contributed by atoms with Gasteiger partial charge in [0.15, 0.2) is 12.2 Å².